The molecule has 0 saturated heterocycles. The van der Waals surface area contributed by atoms with E-state index in [1.165, 1.54) is 12.1 Å². The van der Waals surface area contributed by atoms with Crippen molar-refractivity contribution in [2.75, 3.05) is 24.3 Å². The molecule has 0 amide bonds. The summed E-state index contributed by atoms with van der Waals surface area (Å²) in [6.45, 7) is 2.37. The van der Waals surface area contributed by atoms with Crippen molar-refractivity contribution in [3.05, 3.63) is 47.5 Å². The number of benzene rings is 1. The first-order chi connectivity index (χ1) is 16.6. The van der Waals surface area contributed by atoms with E-state index >= 15 is 0 Å². The summed E-state index contributed by atoms with van der Waals surface area (Å²) in [7, 11) is 0. The zero-order chi connectivity index (χ0) is 23.7. The average molecular weight is 489 g/mol. The van der Waals surface area contributed by atoms with E-state index in [1.54, 1.807) is 22.5 Å². The lowest BCUT2D eigenvalue weighted by molar-refractivity contribution is 0.0504. The van der Waals surface area contributed by atoms with Crippen LogP contribution in [0.1, 0.15) is 43.7 Å². The Bertz CT molecular complexity index is 1210. The van der Waals surface area contributed by atoms with Gasteiger partial charge in [0, 0.05) is 24.1 Å². The van der Waals surface area contributed by atoms with Crippen LogP contribution in [0.3, 0.4) is 0 Å². The number of aliphatic hydroxyl groups is 1. The molecule has 1 aromatic carbocycles. The standard InChI is InChI=1S/C23H26F2N6O2S/c1-2-9-34-23-27-21(26-19-12-16(19)13-3-6-17(24)18(25)10-13)20-22(28-23)31(30-29-20)14-4-5-15(11-14)33-8-7-32/h3-6,10,14-16,19,32H,2,7-9,11-12H2,1H3,(H,26,27,28)/t14-,15+,16+,19-/m0/s1. The van der Waals surface area contributed by atoms with Crippen LogP contribution in [0.2, 0.25) is 0 Å². The number of ether oxygens (including phenoxy) is 1. The molecule has 0 aliphatic heterocycles. The molecule has 0 bridgehead atoms. The minimum absolute atomic E-state index is 0.0196. The lowest BCUT2D eigenvalue weighted by atomic mass is 10.1. The number of aliphatic hydroxyl groups excluding tert-OH is 1. The molecule has 1 saturated carbocycles. The summed E-state index contributed by atoms with van der Waals surface area (Å²) in [4.78, 5) is 9.43. The van der Waals surface area contributed by atoms with Gasteiger partial charge in [-0.1, -0.05) is 42.1 Å². The number of nitrogens with one attached hydrogen (secondary N) is 1. The summed E-state index contributed by atoms with van der Waals surface area (Å²) < 4.78 is 34.4. The predicted molar refractivity (Wildman–Crippen MR) is 125 cm³/mol. The van der Waals surface area contributed by atoms with E-state index < -0.39 is 11.6 Å². The zero-order valence-electron chi connectivity index (χ0n) is 18.7. The van der Waals surface area contributed by atoms with Crippen LogP contribution >= 0.6 is 11.8 Å². The number of anilines is 1. The molecule has 2 N–H and O–H groups in total. The second-order valence-corrected chi connectivity index (χ2v) is 9.56. The van der Waals surface area contributed by atoms with Crippen LogP contribution in [0.15, 0.2) is 35.5 Å². The number of allylic oxidation sites excluding steroid dienone is 1. The number of nitrogens with zero attached hydrogens (tertiary/aromatic N) is 5. The van der Waals surface area contributed by atoms with Gasteiger partial charge in [-0.25, -0.2) is 23.4 Å². The Morgan fingerprint density at radius 3 is 2.88 bits per heavy atom. The predicted octanol–water partition coefficient (Wildman–Crippen LogP) is 3.85. The minimum atomic E-state index is -0.842. The smallest absolute Gasteiger partial charge is 0.191 e. The number of fused-ring (bicyclic) bond motifs is 1. The topological polar surface area (TPSA) is 98.0 Å². The van der Waals surface area contributed by atoms with Crippen molar-refractivity contribution in [3.8, 4) is 0 Å². The maximum Gasteiger partial charge on any atom is 0.191 e. The fraction of sp³-hybridized carbons (Fsp3) is 0.478. The average Bonchev–Trinajstić information content (AvgIpc) is 3.23. The first-order valence-corrected chi connectivity index (χ1v) is 12.4. The summed E-state index contributed by atoms with van der Waals surface area (Å²) in [6.07, 6.45) is 6.36. The Labute approximate surface area is 199 Å². The Morgan fingerprint density at radius 2 is 2.09 bits per heavy atom. The third-order valence-corrected chi connectivity index (χ3v) is 7.04. The molecule has 0 radical (unpaired) electrons. The molecule has 11 heteroatoms. The van der Waals surface area contributed by atoms with Gasteiger partial charge in [-0.05, 0) is 30.5 Å². The Balaban J connectivity index is 1.39. The van der Waals surface area contributed by atoms with E-state index in [0.29, 0.717) is 28.6 Å². The van der Waals surface area contributed by atoms with E-state index in [0.717, 1.165) is 24.2 Å². The summed E-state index contributed by atoms with van der Waals surface area (Å²) >= 11 is 1.57. The highest BCUT2D eigenvalue weighted by atomic mass is 32.2. The second kappa shape index (κ2) is 9.93. The van der Waals surface area contributed by atoms with Crippen LogP contribution in [0.5, 0.6) is 0 Å². The first kappa shape index (κ1) is 23.1. The SMILES string of the molecule is CCCSc1nc(N[C@H]2C[C@@H]2c2ccc(F)c(F)c2)c2nnn([C@H]3C=C[C@@H](OCCO)C3)c2n1. The molecule has 4 atom stereocenters. The van der Waals surface area contributed by atoms with E-state index in [-0.39, 0.29) is 37.3 Å². The molecule has 8 nitrogen and oxygen atoms in total. The van der Waals surface area contributed by atoms with Gasteiger partial charge >= 0.3 is 0 Å². The second-order valence-electron chi connectivity index (χ2n) is 8.50. The summed E-state index contributed by atoms with van der Waals surface area (Å²) in [5, 5.41) is 21.8. The van der Waals surface area contributed by atoms with Crippen LogP contribution in [0.4, 0.5) is 14.6 Å². The van der Waals surface area contributed by atoms with Crippen molar-refractivity contribution in [1.29, 1.82) is 0 Å². The van der Waals surface area contributed by atoms with Gasteiger partial charge in [0.15, 0.2) is 33.8 Å². The molecule has 5 rings (SSSR count). The maximum atomic E-state index is 13.7. The maximum absolute atomic E-state index is 13.7. The van der Waals surface area contributed by atoms with Crippen LogP contribution in [0, 0.1) is 11.6 Å². The highest BCUT2D eigenvalue weighted by Crippen LogP contribution is 2.43. The summed E-state index contributed by atoms with van der Waals surface area (Å²) in [5.41, 5.74) is 1.97. The first-order valence-electron chi connectivity index (χ1n) is 11.5. The van der Waals surface area contributed by atoms with Gasteiger partial charge in [0.25, 0.3) is 0 Å². The van der Waals surface area contributed by atoms with Crippen LogP contribution in [0.25, 0.3) is 11.2 Å². The van der Waals surface area contributed by atoms with Crippen LogP contribution < -0.4 is 5.32 Å². The number of halogens is 2. The third kappa shape index (κ3) is 4.77. The van der Waals surface area contributed by atoms with Gasteiger partial charge in [-0.3, -0.25) is 0 Å². The van der Waals surface area contributed by atoms with E-state index in [2.05, 4.69) is 22.6 Å². The van der Waals surface area contributed by atoms with Gasteiger partial charge < -0.3 is 15.2 Å². The monoisotopic (exact) mass is 488 g/mol. The van der Waals surface area contributed by atoms with Gasteiger partial charge in [-0.15, -0.1) is 5.10 Å². The summed E-state index contributed by atoms with van der Waals surface area (Å²) in [6, 6.07) is 4.04. The van der Waals surface area contributed by atoms with Gasteiger partial charge in [0.05, 0.1) is 25.4 Å². The van der Waals surface area contributed by atoms with E-state index in [1.807, 2.05) is 12.2 Å². The Kier molecular flexibility index (Phi) is 6.75. The van der Waals surface area contributed by atoms with Crippen LogP contribution in [-0.4, -0.2) is 61.2 Å². The number of hydrogen-bond donors (Lipinski definition) is 2. The van der Waals surface area contributed by atoms with Gasteiger partial charge in [-0.2, -0.15) is 0 Å². The van der Waals surface area contributed by atoms with E-state index in [4.69, 9.17) is 19.8 Å². The van der Waals surface area contributed by atoms with Crippen molar-refractivity contribution >= 4 is 28.7 Å². The molecular formula is C23H26F2N6O2S. The Hall–Kier alpha value is -2.63. The molecule has 2 aliphatic carbocycles. The quantitative estimate of drug-likeness (QED) is 0.252. The molecule has 2 aliphatic rings. The lowest BCUT2D eigenvalue weighted by Crippen LogP contribution is -2.15. The molecule has 180 valence electrons. The largest absolute Gasteiger partial charge is 0.394 e. The molecule has 0 spiro atoms. The number of hydrogen-bond acceptors (Lipinski definition) is 8. The van der Waals surface area contributed by atoms with Crippen molar-refractivity contribution in [2.24, 2.45) is 0 Å². The van der Waals surface area contributed by atoms with Crippen molar-refractivity contribution in [1.82, 2.24) is 25.0 Å². The molecule has 0 unspecified atom stereocenters. The highest BCUT2D eigenvalue weighted by Gasteiger charge is 2.40. The fourth-order valence-electron chi connectivity index (χ4n) is 4.19. The number of rotatable bonds is 10. The Morgan fingerprint density at radius 1 is 1.21 bits per heavy atom. The van der Waals surface area contributed by atoms with Crippen molar-refractivity contribution in [2.45, 2.75) is 55.4 Å². The van der Waals surface area contributed by atoms with Gasteiger partial charge in [0.1, 0.15) is 0 Å². The molecule has 3 aromatic rings. The fourth-order valence-corrected chi connectivity index (χ4v) is 4.88. The minimum Gasteiger partial charge on any atom is -0.394 e. The normalized spacial score (nSPS) is 23.6. The van der Waals surface area contributed by atoms with Crippen molar-refractivity contribution in [3.63, 3.8) is 0 Å². The van der Waals surface area contributed by atoms with Gasteiger partial charge in [0.2, 0.25) is 0 Å². The number of aromatic nitrogens is 5. The van der Waals surface area contributed by atoms with Crippen molar-refractivity contribution < 1.29 is 18.6 Å². The highest BCUT2D eigenvalue weighted by molar-refractivity contribution is 7.99. The summed E-state index contributed by atoms with van der Waals surface area (Å²) in [5.74, 6) is -0.122. The molecule has 1 fully saturated rings. The number of thioether (sulfide) groups is 1. The molecule has 2 aromatic heterocycles. The zero-order valence-corrected chi connectivity index (χ0v) is 19.5. The lowest BCUT2D eigenvalue weighted by Gasteiger charge is -2.13. The third-order valence-electron chi connectivity index (χ3n) is 5.98. The van der Waals surface area contributed by atoms with E-state index in [9.17, 15) is 8.78 Å². The molecule has 34 heavy (non-hydrogen) atoms. The van der Waals surface area contributed by atoms with Crippen LogP contribution in [-0.2, 0) is 4.74 Å². The molecular weight excluding hydrogens is 462 g/mol. The molecule has 2 heterocycles.